The van der Waals surface area contributed by atoms with Gasteiger partial charge in [0.15, 0.2) is 0 Å². The Balaban J connectivity index is 2.53. The van der Waals surface area contributed by atoms with Crippen LogP contribution in [0.2, 0.25) is 0 Å². The summed E-state index contributed by atoms with van der Waals surface area (Å²) in [6.45, 7) is 6.93. The molecule has 0 spiro atoms. The second-order valence-corrected chi connectivity index (χ2v) is 5.94. The van der Waals surface area contributed by atoms with Gasteiger partial charge in [0.05, 0.1) is 24.3 Å². The lowest BCUT2D eigenvalue weighted by Gasteiger charge is -2.14. The highest BCUT2D eigenvalue weighted by molar-refractivity contribution is 7.11. The van der Waals surface area contributed by atoms with E-state index in [0.717, 1.165) is 9.88 Å². The lowest BCUT2D eigenvalue weighted by Crippen LogP contribution is -2.34. The van der Waals surface area contributed by atoms with Gasteiger partial charge in [0.2, 0.25) is 0 Å². The second kappa shape index (κ2) is 5.72. The number of thiazole rings is 1. The molecule has 1 aromatic heterocycles. The van der Waals surface area contributed by atoms with Gasteiger partial charge in [-0.05, 0) is 0 Å². The maximum absolute atomic E-state index is 8.90. The fourth-order valence-electron chi connectivity index (χ4n) is 1.17. The van der Waals surface area contributed by atoms with Crippen molar-refractivity contribution in [2.45, 2.75) is 38.8 Å². The number of hydrogen-bond acceptors (Lipinski definition) is 5. The molecular weight excluding hydrogens is 224 g/mol. The maximum atomic E-state index is 8.90. The van der Waals surface area contributed by atoms with Gasteiger partial charge in [0.25, 0.3) is 0 Å². The lowest BCUT2D eigenvalue weighted by atomic mass is 9.98. The first-order valence-electron chi connectivity index (χ1n) is 5.37. The highest BCUT2D eigenvalue weighted by atomic mass is 32.1. The molecule has 0 radical (unpaired) electrons. The molecule has 0 saturated carbocycles. The third-order valence-electron chi connectivity index (χ3n) is 2.20. The molecule has 0 aliphatic rings. The van der Waals surface area contributed by atoms with Crippen molar-refractivity contribution in [2.75, 3.05) is 13.2 Å². The third kappa shape index (κ3) is 3.83. The first-order valence-corrected chi connectivity index (χ1v) is 6.19. The number of rotatable bonds is 5. The largest absolute Gasteiger partial charge is 0.395 e. The van der Waals surface area contributed by atoms with Crippen molar-refractivity contribution in [3.63, 3.8) is 0 Å². The van der Waals surface area contributed by atoms with Gasteiger partial charge < -0.3 is 15.5 Å². The molecule has 0 aliphatic heterocycles. The molecule has 16 heavy (non-hydrogen) atoms. The van der Waals surface area contributed by atoms with E-state index < -0.39 is 0 Å². The number of aliphatic hydroxyl groups excluding tert-OH is 2. The van der Waals surface area contributed by atoms with Gasteiger partial charge >= 0.3 is 0 Å². The topological polar surface area (TPSA) is 65.4 Å². The average Bonchev–Trinajstić information content (AvgIpc) is 2.67. The van der Waals surface area contributed by atoms with Crippen molar-refractivity contribution in [3.05, 3.63) is 16.1 Å². The van der Waals surface area contributed by atoms with Gasteiger partial charge in [0, 0.05) is 23.0 Å². The van der Waals surface area contributed by atoms with E-state index in [1.165, 1.54) is 0 Å². The van der Waals surface area contributed by atoms with Crippen molar-refractivity contribution >= 4 is 11.3 Å². The van der Waals surface area contributed by atoms with E-state index in [-0.39, 0.29) is 24.7 Å². The molecular formula is C11H20N2O2S. The Kier molecular flexibility index (Phi) is 4.86. The highest BCUT2D eigenvalue weighted by Crippen LogP contribution is 2.26. The van der Waals surface area contributed by atoms with E-state index in [9.17, 15) is 0 Å². The summed E-state index contributed by atoms with van der Waals surface area (Å²) in [5, 5.41) is 22.0. The number of aromatic nitrogens is 1. The van der Waals surface area contributed by atoms with E-state index in [0.29, 0.717) is 6.54 Å². The van der Waals surface area contributed by atoms with Gasteiger partial charge in [-0.3, -0.25) is 0 Å². The Morgan fingerprint density at radius 1 is 1.38 bits per heavy atom. The van der Waals surface area contributed by atoms with Gasteiger partial charge in [-0.25, -0.2) is 4.98 Å². The smallest absolute Gasteiger partial charge is 0.0981 e. The van der Waals surface area contributed by atoms with Crippen LogP contribution in [-0.2, 0) is 12.0 Å². The average molecular weight is 244 g/mol. The zero-order valence-electron chi connectivity index (χ0n) is 10.0. The summed E-state index contributed by atoms with van der Waals surface area (Å²) in [7, 11) is 0. The number of nitrogens with one attached hydrogen (secondary N) is 1. The van der Waals surface area contributed by atoms with Crippen LogP contribution >= 0.6 is 11.3 Å². The Labute approximate surface area is 100 Å². The third-order valence-corrected chi connectivity index (χ3v) is 3.62. The summed E-state index contributed by atoms with van der Waals surface area (Å²) in [5.41, 5.74) is 0.0796. The van der Waals surface area contributed by atoms with Crippen molar-refractivity contribution in [3.8, 4) is 0 Å². The van der Waals surface area contributed by atoms with Crippen LogP contribution in [-0.4, -0.2) is 34.5 Å². The molecule has 0 aromatic carbocycles. The van der Waals surface area contributed by atoms with E-state index in [1.807, 2.05) is 6.20 Å². The molecule has 0 unspecified atom stereocenters. The van der Waals surface area contributed by atoms with Gasteiger partial charge in [-0.2, -0.15) is 0 Å². The van der Waals surface area contributed by atoms with Crippen molar-refractivity contribution in [2.24, 2.45) is 0 Å². The van der Waals surface area contributed by atoms with Crippen LogP contribution in [0.5, 0.6) is 0 Å². The van der Waals surface area contributed by atoms with Crippen molar-refractivity contribution in [1.29, 1.82) is 0 Å². The summed E-state index contributed by atoms with van der Waals surface area (Å²) in [6.07, 6.45) is 1.85. The summed E-state index contributed by atoms with van der Waals surface area (Å²) in [5.74, 6) is 0. The summed E-state index contributed by atoms with van der Waals surface area (Å²) in [6, 6.07) is -0.250. The highest BCUT2D eigenvalue weighted by Gasteiger charge is 2.18. The minimum atomic E-state index is -0.250. The number of aliphatic hydroxyl groups is 2. The van der Waals surface area contributed by atoms with Crippen LogP contribution in [0.15, 0.2) is 6.20 Å². The Morgan fingerprint density at radius 2 is 2.00 bits per heavy atom. The molecule has 0 atom stereocenters. The molecule has 1 aromatic rings. The van der Waals surface area contributed by atoms with Crippen LogP contribution in [0.3, 0.4) is 0 Å². The van der Waals surface area contributed by atoms with Crippen LogP contribution in [0, 0.1) is 0 Å². The van der Waals surface area contributed by atoms with E-state index in [2.05, 4.69) is 31.1 Å². The van der Waals surface area contributed by atoms with Gasteiger partial charge in [-0.1, -0.05) is 20.8 Å². The van der Waals surface area contributed by atoms with Crippen molar-refractivity contribution < 1.29 is 10.2 Å². The molecule has 5 heteroatoms. The normalized spacial score (nSPS) is 12.4. The predicted molar refractivity (Wildman–Crippen MR) is 65.6 cm³/mol. The fourth-order valence-corrected chi connectivity index (χ4v) is 2.09. The molecule has 92 valence electrons. The van der Waals surface area contributed by atoms with Crippen molar-refractivity contribution in [1.82, 2.24) is 10.3 Å². The van der Waals surface area contributed by atoms with Gasteiger partial charge in [0.1, 0.15) is 0 Å². The zero-order chi connectivity index (χ0) is 12.2. The summed E-state index contributed by atoms with van der Waals surface area (Å²) in [4.78, 5) is 5.49. The van der Waals surface area contributed by atoms with E-state index in [1.54, 1.807) is 11.3 Å². The molecule has 0 bridgehead atoms. The molecule has 0 saturated heterocycles. The molecule has 3 N–H and O–H groups in total. The first-order chi connectivity index (χ1) is 7.47. The Hall–Kier alpha value is -0.490. The molecule has 1 rings (SSSR count). The minimum Gasteiger partial charge on any atom is -0.395 e. The van der Waals surface area contributed by atoms with Crippen LogP contribution < -0.4 is 5.32 Å². The zero-order valence-corrected chi connectivity index (χ0v) is 10.8. The monoisotopic (exact) mass is 244 g/mol. The number of nitrogens with zero attached hydrogens (tertiary/aromatic N) is 1. The van der Waals surface area contributed by atoms with E-state index >= 15 is 0 Å². The van der Waals surface area contributed by atoms with Crippen LogP contribution in [0.25, 0.3) is 0 Å². The lowest BCUT2D eigenvalue weighted by molar-refractivity contribution is 0.170. The molecule has 0 fully saturated rings. The molecule has 0 amide bonds. The van der Waals surface area contributed by atoms with Crippen LogP contribution in [0.1, 0.15) is 30.7 Å². The Morgan fingerprint density at radius 3 is 2.44 bits per heavy atom. The molecule has 4 nitrogen and oxygen atoms in total. The number of hydrogen-bond donors (Lipinski definition) is 3. The Bertz CT molecular complexity index is 316. The summed E-state index contributed by atoms with van der Waals surface area (Å²) >= 11 is 1.67. The predicted octanol–water partition coefficient (Wildman–Crippen LogP) is 0.883. The van der Waals surface area contributed by atoms with Gasteiger partial charge in [-0.15, -0.1) is 11.3 Å². The fraction of sp³-hybridized carbons (Fsp3) is 0.727. The van der Waals surface area contributed by atoms with Crippen LogP contribution in [0.4, 0.5) is 0 Å². The maximum Gasteiger partial charge on any atom is 0.0981 e. The minimum absolute atomic E-state index is 0.0541. The standard InChI is InChI=1S/C11H20N2O2S/c1-11(2,3)10-13-5-9(16-10)4-12-8(6-14)7-15/h5,8,12,14-15H,4,6-7H2,1-3H3. The molecule has 0 aliphatic carbocycles. The second-order valence-electron chi connectivity index (χ2n) is 4.82. The molecule has 1 heterocycles. The summed E-state index contributed by atoms with van der Waals surface area (Å²) < 4.78 is 0. The quantitative estimate of drug-likeness (QED) is 0.719. The van der Waals surface area contributed by atoms with E-state index in [4.69, 9.17) is 10.2 Å². The SMILES string of the molecule is CC(C)(C)c1ncc(CNC(CO)CO)s1. The first kappa shape index (κ1) is 13.6.